The Morgan fingerprint density at radius 3 is 2.40 bits per heavy atom. The zero-order chi connectivity index (χ0) is 24.8. The maximum Gasteiger partial charge on any atom is 0.311 e. The maximum atomic E-state index is 12.2. The van der Waals surface area contributed by atoms with Gasteiger partial charge in [-0.3, -0.25) is 9.69 Å². The molecule has 1 aliphatic heterocycles. The molecule has 1 aromatic heterocycles. The van der Waals surface area contributed by atoms with Crippen molar-refractivity contribution >= 4 is 11.9 Å². The van der Waals surface area contributed by atoms with Crippen LogP contribution in [0.4, 0.5) is 5.95 Å². The number of rotatable bonds is 8. The second-order valence-corrected chi connectivity index (χ2v) is 9.52. The summed E-state index contributed by atoms with van der Waals surface area (Å²) in [6, 6.07) is 18.8. The van der Waals surface area contributed by atoms with Crippen LogP contribution < -0.4 is 4.90 Å². The van der Waals surface area contributed by atoms with Gasteiger partial charge in [-0.2, -0.15) is 0 Å². The zero-order valence-electron chi connectivity index (χ0n) is 21.1. The molecule has 1 unspecified atom stereocenters. The van der Waals surface area contributed by atoms with E-state index in [1.807, 2.05) is 26.0 Å². The number of aryl methyl sites for hydroxylation is 2. The first-order chi connectivity index (χ1) is 17.0. The maximum absolute atomic E-state index is 12.2. The minimum atomic E-state index is -0.814. The van der Waals surface area contributed by atoms with Crippen molar-refractivity contribution < 1.29 is 9.90 Å². The van der Waals surface area contributed by atoms with E-state index in [1.54, 1.807) is 0 Å². The summed E-state index contributed by atoms with van der Waals surface area (Å²) >= 11 is 0. The van der Waals surface area contributed by atoms with Crippen molar-refractivity contribution in [1.29, 1.82) is 0 Å². The highest BCUT2D eigenvalue weighted by Gasteiger charge is 2.28. The van der Waals surface area contributed by atoms with Crippen LogP contribution in [0.15, 0.2) is 54.6 Å². The first-order valence-corrected chi connectivity index (χ1v) is 12.7. The van der Waals surface area contributed by atoms with Crippen LogP contribution in [0, 0.1) is 13.8 Å². The van der Waals surface area contributed by atoms with Gasteiger partial charge in [0.05, 0.1) is 11.6 Å². The van der Waals surface area contributed by atoms with Gasteiger partial charge >= 0.3 is 5.97 Å². The first kappa shape index (κ1) is 24.9. The Morgan fingerprint density at radius 1 is 0.971 bits per heavy atom. The number of carbonyl (C=O) groups is 1. The van der Waals surface area contributed by atoms with E-state index in [2.05, 4.69) is 59.2 Å². The van der Waals surface area contributed by atoms with E-state index in [1.165, 1.54) is 5.56 Å². The van der Waals surface area contributed by atoms with Crippen LogP contribution in [0.2, 0.25) is 0 Å². The standard InChI is InChI=1S/C29H36N4O2/c1-4-9-25(28(34)35)26-22(3)30-29(31-27(26)24-14-12-21(2)13-15-24)33-17-8-16-32(18-19-33)20-23-10-6-5-7-11-23/h5-7,10-15,25H,4,8-9,16-20H2,1-3H3,(H,34,35). The molecule has 184 valence electrons. The Labute approximate surface area is 208 Å². The summed E-state index contributed by atoms with van der Waals surface area (Å²) in [5.41, 5.74) is 5.69. The van der Waals surface area contributed by atoms with Crippen LogP contribution in [0.1, 0.15) is 54.5 Å². The van der Waals surface area contributed by atoms with Crippen LogP contribution >= 0.6 is 0 Å². The second kappa shape index (κ2) is 11.5. The number of carboxylic acids is 1. The van der Waals surface area contributed by atoms with Gasteiger partial charge in [-0.05, 0) is 32.3 Å². The lowest BCUT2D eigenvalue weighted by Crippen LogP contribution is -2.32. The predicted molar refractivity (Wildman–Crippen MR) is 141 cm³/mol. The quantitative estimate of drug-likeness (QED) is 0.471. The second-order valence-electron chi connectivity index (χ2n) is 9.52. The van der Waals surface area contributed by atoms with Gasteiger partial charge in [-0.15, -0.1) is 0 Å². The number of carboxylic acid groups (broad SMARTS) is 1. The Morgan fingerprint density at radius 2 is 1.71 bits per heavy atom. The smallest absolute Gasteiger partial charge is 0.311 e. The lowest BCUT2D eigenvalue weighted by atomic mass is 9.89. The Balaban J connectivity index is 1.65. The number of aliphatic carboxylic acids is 1. The third kappa shape index (κ3) is 6.06. The number of hydrogen-bond donors (Lipinski definition) is 1. The number of benzene rings is 2. The highest BCUT2D eigenvalue weighted by atomic mass is 16.4. The van der Waals surface area contributed by atoms with Gasteiger partial charge in [0.15, 0.2) is 0 Å². The molecule has 2 heterocycles. The Bertz CT molecular complexity index is 1130. The highest BCUT2D eigenvalue weighted by molar-refractivity contribution is 5.81. The first-order valence-electron chi connectivity index (χ1n) is 12.7. The van der Waals surface area contributed by atoms with Crippen molar-refractivity contribution in [2.75, 3.05) is 31.1 Å². The molecule has 0 saturated carbocycles. The van der Waals surface area contributed by atoms with E-state index in [0.29, 0.717) is 12.4 Å². The molecule has 3 aromatic rings. The topological polar surface area (TPSA) is 69.6 Å². The van der Waals surface area contributed by atoms with Gasteiger partial charge in [0.2, 0.25) is 5.95 Å². The summed E-state index contributed by atoms with van der Waals surface area (Å²) in [7, 11) is 0. The third-order valence-electron chi connectivity index (χ3n) is 6.79. The fourth-order valence-electron chi connectivity index (χ4n) is 4.91. The van der Waals surface area contributed by atoms with Gasteiger partial charge in [0, 0.05) is 49.5 Å². The fourth-order valence-corrected chi connectivity index (χ4v) is 4.91. The molecule has 0 bridgehead atoms. The SMILES string of the molecule is CCCC(C(=O)O)c1c(C)nc(N2CCCN(Cc3ccccc3)CC2)nc1-c1ccc(C)cc1. The molecular formula is C29H36N4O2. The number of aromatic nitrogens is 2. The molecule has 2 aromatic carbocycles. The monoisotopic (exact) mass is 472 g/mol. The van der Waals surface area contributed by atoms with Crippen LogP contribution in [0.5, 0.6) is 0 Å². The highest BCUT2D eigenvalue weighted by Crippen LogP contribution is 2.34. The molecule has 1 aliphatic rings. The van der Waals surface area contributed by atoms with Crippen LogP contribution in [-0.2, 0) is 11.3 Å². The van der Waals surface area contributed by atoms with Crippen molar-refractivity contribution in [2.45, 2.75) is 52.5 Å². The molecular weight excluding hydrogens is 436 g/mol. The van der Waals surface area contributed by atoms with E-state index in [4.69, 9.17) is 9.97 Å². The van der Waals surface area contributed by atoms with E-state index < -0.39 is 11.9 Å². The third-order valence-corrected chi connectivity index (χ3v) is 6.79. The minimum absolute atomic E-state index is 0.565. The molecule has 0 aliphatic carbocycles. The average molecular weight is 473 g/mol. The van der Waals surface area contributed by atoms with Crippen LogP contribution in [-0.4, -0.2) is 52.1 Å². The van der Waals surface area contributed by atoms with E-state index in [0.717, 1.165) is 73.6 Å². The van der Waals surface area contributed by atoms with Crippen LogP contribution in [0.3, 0.4) is 0 Å². The summed E-state index contributed by atoms with van der Waals surface area (Å²) in [6.45, 7) is 10.6. The van der Waals surface area contributed by atoms with Crippen molar-refractivity contribution in [2.24, 2.45) is 0 Å². The van der Waals surface area contributed by atoms with Crippen LogP contribution in [0.25, 0.3) is 11.3 Å². The molecule has 1 N–H and O–H groups in total. The fraction of sp³-hybridized carbons (Fsp3) is 0.414. The zero-order valence-corrected chi connectivity index (χ0v) is 21.1. The van der Waals surface area contributed by atoms with Crippen molar-refractivity contribution in [3.8, 4) is 11.3 Å². The molecule has 0 amide bonds. The van der Waals surface area contributed by atoms with Gasteiger partial charge in [-0.25, -0.2) is 9.97 Å². The molecule has 0 radical (unpaired) electrons. The minimum Gasteiger partial charge on any atom is -0.481 e. The lowest BCUT2D eigenvalue weighted by molar-refractivity contribution is -0.139. The molecule has 1 saturated heterocycles. The summed E-state index contributed by atoms with van der Waals surface area (Å²) in [5, 5.41) is 10.0. The Kier molecular flexibility index (Phi) is 8.13. The average Bonchev–Trinajstić information content (AvgIpc) is 3.09. The molecule has 0 spiro atoms. The van der Waals surface area contributed by atoms with E-state index in [9.17, 15) is 9.90 Å². The van der Waals surface area contributed by atoms with Crippen molar-refractivity contribution in [1.82, 2.24) is 14.9 Å². The van der Waals surface area contributed by atoms with Crippen molar-refractivity contribution in [3.63, 3.8) is 0 Å². The summed E-state index contributed by atoms with van der Waals surface area (Å²) in [4.78, 5) is 26.9. The molecule has 1 fully saturated rings. The molecule has 35 heavy (non-hydrogen) atoms. The van der Waals surface area contributed by atoms with Gasteiger partial charge in [0.25, 0.3) is 0 Å². The van der Waals surface area contributed by atoms with E-state index >= 15 is 0 Å². The molecule has 6 heteroatoms. The predicted octanol–water partition coefficient (Wildman–Crippen LogP) is 5.44. The van der Waals surface area contributed by atoms with Gasteiger partial charge in [-0.1, -0.05) is 73.5 Å². The largest absolute Gasteiger partial charge is 0.481 e. The van der Waals surface area contributed by atoms with Crippen molar-refractivity contribution in [3.05, 3.63) is 77.0 Å². The van der Waals surface area contributed by atoms with Gasteiger partial charge in [0.1, 0.15) is 0 Å². The summed E-state index contributed by atoms with van der Waals surface area (Å²) < 4.78 is 0. The number of hydrogen-bond acceptors (Lipinski definition) is 5. The Hall–Kier alpha value is -3.25. The molecule has 4 rings (SSSR count). The van der Waals surface area contributed by atoms with Gasteiger partial charge < -0.3 is 10.0 Å². The number of nitrogens with zero attached hydrogens (tertiary/aromatic N) is 4. The lowest BCUT2D eigenvalue weighted by Gasteiger charge is -2.25. The number of anilines is 1. The molecule has 6 nitrogen and oxygen atoms in total. The summed E-state index contributed by atoms with van der Waals surface area (Å²) in [5.74, 6) is -0.731. The normalized spacial score (nSPS) is 15.6. The van der Waals surface area contributed by atoms with E-state index in [-0.39, 0.29) is 0 Å². The summed E-state index contributed by atoms with van der Waals surface area (Å²) in [6.07, 6.45) is 2.38. The molecule has 1 atom stereocenters.